The Morgan fingerprint density at radius 1 is 1.24 bits per heavy atom. The van der Waals surface area contributed by atoms with Gasteiger partial charge in [0.05, 0.1) is 10.5 Å². The predicted octanol–water partition coefficient (Wildman–Crippen LogP) is 2.73. The van der Waals surface area contributed by atoms with E-state index in [9.17, 15) is 4.79 Å². The van der Waals surface area contributed by atoms with Crippen LogP contribution in [-0.2, 0) is 6.42 Å². The van der Waals surface area contributed by atoms with E-state index in [0.29, 0.717) is 24.2 Å². The summed E-state index contributed by atoms with van der Waals surface area (Å²) < 4.78 is 0. The third kappa shape index (κ3) is 2.84. The van der Waals surface area contributed by atoms with Gasteiger partial charge in [-0.05, 0) is 37.7 Å². The van der Waals surface area contributed by atoms with Crippen molar-refractivity contribution in [2.75, 3.05) is 6.54 Å². The van der Waals surface area contributed by atoms with E-state index in [1.807, 2.05) is 31.2 Å². The standard InChI is InChI=1S/C16H15N3OS/c1-10-2-3-11-8-12(4-5-13(11)18-10)16(20)14-9-21-15(19-14)6-7-17/h2-5,8-9H,6-7,17H2,1H3. The fourth-order valence-corrected chi connectivity index (χ4v) is 2.96. The number of hydrogen-bond donors (Lipinski definition) is 1. The van der Waals surface area contributed by atoms with Crippen molar-refractivity contribution < 1.29 is 4.79 Å². The minimum absolute atomic E-state index is 0.0583. The molecule has 0 spiro atoms. The summed E-state index contributed by atoms with van der Waals surface area (Å²) in [7, 11) is 0. The van der Waals surface area contributed by atoms with Crippen molar-refractivity contribution in [3.63, 3.8) is 0 Å². The Hall–Kier alpha value is -2.11. The van der Waals surface area contributed by atoms with Crippen LogP contribution in [0.25, 0.3) is 10.9 Å². The Bertz CT molecular complexity index is 810. The highest BCUT2D eigenvalue weighted by Crippen LogP contribution is 2.19. The highest BCUT2D eigenvalue weighted by molar-refractivity contribution is 7.09. The van der Waals surface area contributed by atoms with E-state index >= 15 is 0 Å². The molecule has 0 saturated heterocycles. The number of carbonyl (C=O) groups excluding carboxylic acids is 1. The summed E-state index contributed by atoms with van der Waals surface area (Å²) in [6.45, 7) is 2.49. The van der Waals surface area contributed by atoms with E-state index in [1.54, 1.807) is 11.4 Å². The van der Waals surface area contributed by atoms with Crippen molar-refractivity contribution in [2.45, 2.75) is 13.3 Å². The number of hydrogen-bond acceptors (Lipinski definition) is 5. The van der Waals surface area contributed by atoms with Gasteiger partial charge in [0, 0.05) is 28.4 Å². The van der Waals surface area contributed by atoms with Gasteiger partial charge in [0.15, 0.2) is 0 Å². The molecule has 0 aliphatic heterocycles. The first kappa shape index (κ1) is 13.9. The van der Waals surface area contributed by atoms with Crippen LogP contribution in [0.2, 0.25) is 0 Å². The summed E-state index contributed by atoms with van der Waals surface area (Å²) in [6.07, 6.45) is 0.707. The van der Waals surface area contributed by atoms with Crippen LogP contribution in [0.3, 0.4) is 0 Å². The Kier molecular flexibility index (Phi) is 3.77. The van der Waals surface area contributed by atoms with Crippen LogP contribution in [0, 0.1) is 6.92 Å². The van der Waals surface area contributed by atoms with Crippen molar-refractivity contribution in [2.24, 2.45) is 5.73 Å². The van der Waals surface area contributed by atoms with Gasteiger partial charge < -0.3 is 5.73 Å². The molecule has 4 nitrogen and oxygen atoms in total. The molecule has 0 unspecified atom stereocenters. The zero-order chi connectivity index (χ0) is 14.8. The summed E-state index contributed by atoms with van der Waals surface area (Å²) in [5, 5.41) is 3.66. The summed E-state index contributed by atoms with van der Waals surface area (Å²) in [5.74, 6) is -0.0583. The molecule has 21 heavy (non-hydrogen) atoms. The highest BCUT2D eigenvalue weighted by Gasteiger charge is 2.13. The maximum atomic E-state index is 12.5. The number of benzene rings is 1. The molecule has 0 radical (unpaired) electrons. The normalized spacial score (nSPS) is 11.0. The minimum atomic E-state index is -0.0583. The Morgan fingerprint density at radius 3 is 2.90 bits per heavy atom. The molecule has 1 aromatic carbocycles. The number of rotatable bonds is 4. The fraction of sp³-hybridized carbons (Fsp3) is 0.188. The highest BCUT2D eigenvalue weighted by atomic mass is 32.1. The van der Waals surface area contributed by atoms with Crippen LogP contribution in [0.4, 0.5) is 0 Å². The van der Waals surface area contributed by atoms with E-state index in [4.69, 9.17) is 5.73 Å². The SMILES string of the molecule is Cc1ccc2cc(C(=O)c3csc(CCN)n3)ccc2n1. The van der Waals surface area contributed by atoms with Crippen LogP contribution in [0.15, 0.2) is 35.7 Å². The molecule has 0 aliphatic rings. The molecule has 0 saturated carbocycles. The quantitative estimate of drug-likeness (QED) is 0.752. The number of nitrogens with two attached hydrogens (primary N) is 1. The molecule has 0 aliphatic carbocycles. The van der Waals surface area contributed by atoms with Crippen LogP contribution < -0.4 is 5.73 Å². The lowest BCUT2D eigenvalue weighted by Gasteiger charge is -2.02. The molecule has 2 aromatic heterocycles. The van der Waals surface area contributed by atoms with Crippen molar-refractivity contribution in [1.29, 1.82) is 0 Å². The summed E-state index contributed by atoms with van der Waals surface area (Å²) in [5.41, 5.74) is 8.49. The average molecular weight is 297 g/mol. The molecule has 3 rings (SSSR count). The summed E-state index contributed by atoms with van der Waals surface area (Å²) in [4.78, 5) is 21.2. The topological polar surface area (TPSA) is 68.9 Å². The lowest BCUT2D eigenvalue weighted by molar-refractivity contribution is 0.103. The van der Waals surface area contributed by atoms with Crippen molar-refractivity contribution in [3.05, 3.63) is 57.7 Å². The summed E-state index contributed by atoms with van der Waals surface area (Å²) in [6, 6.07) is 9.47. The molecule has 3 aromatic rings. The molecular weight excluding hydrogens is 282 g/mol. The lowest BCUT2D eigenvalue weighted by atomic mass is 10.1. The monoisotopic (exact) mass is 297 g/mol. The van der Waals surface area contributed by atoms with Gasteiger partial charge in [0.25, 0.3) is 0 Å². The molecule has 5 heteroatoms. The number of thiazole rings is 1. The van der Waals surface area contributed by atoms with Crippen molar-refractivity contribution in [1.82, 2.24) is 9.97 Å². The predicted molar refractivity (Wildman–Crippen MR) is 84.8 cm³/mol. The third-order valence-corrected chi connectivity index (χ3v) is 4.14. The van der Waals surface area contributed by atoms with E-state index in [2.05, 4.69) is 9.97 Å². The number of fused-ring (bicyclic) bond motifs is 1. The van der Waals surface area contributed by atoms with Crippen LogP contribution in [0.1, 0.15) is 26.8 Å². The summed E-state index contributed by atoms with van der Waals surface area (Å²) >= 11 is 1.48. The van der Waals surface area contributed by atoms with Gasteiger partial charge in [-0.2, -0.15) is 0 Å². The zero-order valence-electron chi connectivity index (χ0n) is 11.7. The van der Waals surface area contributed by atoms with E-state index in [1.165, 1.54) is 11.3 Å². The molecule has 0 fully saturated rings. The van der Waals surface area contributed by atoms with Gasteiger partial charge in [-0.1, -0.05) is 6.07 Å². The molecule has 2 heterocycles. The smallest absolute Gasteiger partial charge is 0.212 e. The van der Waals surface area contributed by atoms with Gasteiger partial charge in [-0.3, -0.25) is 9.78 Å². The van der Waals surface area contributed by atoms with Crippen LogP contribution in [0.5, 0.6) is 0 Å². The van der Waals surface area contributed by atoms with E-state index in [0.717, 1.165) is 21.6 Å². The maximum Gasteiger partial charge on any atom is 0.212 e. The van der Waals surface area contributed by atoms with Gasteiger partial charge in [0.1, 0.15) is 5.69 Å². The van der Waals surface area contributed by atoms with Gasteiger partial charge in [0.2, 0.25) is 5.78 Å². The first-order valence-electron chi connectivity index (χ1n) is 6.74. The zero-order valence-corrected chi connectivity index (χ0v) is 12.5. The Balaban J connectivity index is 1.95. The van der Waals surface area contributed by atoms with Crippen LogP contribution in [-0.4, -0.2) is 22.3 Å². The Morgan fingerprint density at radius 2 is 2.10 bits per heavy atom. The molecule has 106 valence electrons. The van der Waals surface area contributed by atoms with Crippen molar-refractivity contribution >= 4 is 28.0 Å². The van der Waals surface area contributed by atoms with E-state index in [-0.39, 0.29) is 5.78 Å². The second-order valence-corrected chi connectivity index (χ2v) is 5.80. The molecule has 0 bridgehead atoms. The third-order valence-electron chi connectivity index (χ3n) is 3.23. The van der Waals surface area contributed by atoms with Crippen LogP contribution >= 0.6 is 11.3 Å². The Labute approximate surface area is 126 Å². The number of carbonyl (C=O) groups is 1. The molecule has 0 atom stereocenters. The number of ketones is 1. The lowest BCUT2D eigenvalue weighted by Crippen LogP contribution is -2.05. The second kappa shape index (κ2) is 5.71. The van der Waals surface area contributed by atoms with Gasteiger partial charge in [-0.25, -0.2) is 4.98 Å². The van der Waals surface area contributed by atoms with Gasteiger partial charge >= 0.3 is 0 Å². The first-order valence-corrected chi connectivity index (χ1v) is 7.62. The number of pyridine rings is 1. The number of aryl methyl sites for hydroxylation is 1. The first-order chi connectivity index (χ1) is 10.2. The second-order valence-electron chi connectivity index (χ2n) is 4.85. The largest absolute Gasteiger partial charge is 0.330 e. The minimum Gasteiger partial charge on any atom is -0.330 e. The molecule has 0 amide bonds. The van der Waals surface area contributed by atoms with Crippen molar-refractivity contribution in [3.8, 4) is 0 Å². The molecular formula is C16H15N3OS. The number of nitrogens with zero attached hydrogens (tertiary/aromatic N) is 2. The van der Waals surface area contributed by atoms with E-state index < -0.39 is 0 Å². The maximum absolute atomic E-state index is 12.5. The average Bonchev–Trinajstić information content (AvgIpc) is 2.95. The number of aromatic nitrogens is 2. The fourth-order valence-electron chi connectivity index (χ4n) is 2.17. The molecule has 2 N–H and O–H groups in total. The van der Waals surface area contributed by atoms with Gasteiger partial charge in [-0.15, -0.1) is 11.3 Å².